The topological polar surface area (TPSA) is 43.8 Å². The molecule has 2 N–H and O–H groups in total. The molecule has 0 aliphatic carbocycles. The number of nitrogens with zero attached hydrogens (tertiary/aromatic N) is 2. The number of halogens is 2. The number of imidazole rings is 1. The largest absolute Gasteiger partial charge is 0.338 e. The van der Waals surface area contributed by atoms with E-state index in [-0.39, 0.29) is 6.42 Å². The molecule has 0 radical (unpaired) electrons. The minimum atomic E-state index is -2.44. The fourth-order valence-corrected chi connectivity index (χ4v) is 1.06. The van der Waals surface area contributed by atoms with Crippen LogP contribution in [-0.2, 0) is 13.5 Å². The number of aromatic nitrogens is 2. The monoisotopic (exact) mass is 189 g/mol. The van der Waals surface area contributed by atoms with Crippen LogP contribution in [0.25, 0.3) is 0 Å². The van der Waals surface area contributed by atoms with Gasteiger partial charge in [0, 0.05) is 25.9 Å². The molecule has 74 valence electrons. The molecule has 1 atom stereocenters. The highest BCUT2D eigenvalue weighted by Gasteiger charge is 2.15. The van der Waals surface area contributed by atoms with Gasteiger partial charge in [-0.25, -0.2) is 13.8 Å². The molecule has 1 aromatic rings. The number of alkyl halides is 2. The standard InChI is InChI=1S/C8H13F2N3/c1-13-5-4-12-7(13)3-2-6(11)8(9)10/h4-6,8H,2-3,11H2,1H3. The van der Waals surface area contributed by atoms with Crippen LogP contribution in [0.2, 0.25) is 0 Å². The second-order valence-electron chi connectivity index (χ2n) is 2.99. The number of aryl methyl sites for hydroxylation is 2. The first-order valence-electron chi connectivity index (χ1n) is 4.11. The fraction of sp³-hybridized carbons (Fsp3) is 0.625. The average Bonchev–Trinajstić information content (AvgIpc) is 2.47. The van der Waals surface area contributed by atoms with Crippen LogP contribution in [-0.4, -0.2) is 22.0 Å². The maximum absolute atomic E-state index is 12.0. The van der Waals surface area contributed by atoms with Gasteiger partial charge in [-0.3, -0.25) is 0 Å². The van der Waals surface area contributed by atoms with E-state index in [0.29, 0.717) is 6.42 Å². The van der Waals surface area contributed by atoms with E-state index < -0.39 is 12.5 Å². The van der Waals surface area contributed by atoms with Gasteiger partial charge in [-0.1, -0.05) is 0 Å². The number of hydrogen-bond donors (Lipinski definition) is 1. The van der Waals surface area contributed by atoms with E-state index in [1.54, 1.807) is 17.0 Å². The Hall–Kier alpha value is -0.970. The lowest BCUT2D eigenvalue weighted by Gasteiger charge is -2.09. The normalized spacial score (nSPS) is 13.6. The summed E-state index contributed by atoms with van der Waals surface area (Å²) in [4.78, 5) is 4.01. The van der Waals surface area contributed by atoms with Crippen molar-refractivity contribution in [2.24, 2.45) is 12.8 Å². The maximum atomic E-state index is 12.0. The first-order valence-corrected chi connectivity index (χ1v) is 4.11. The van der Waals surface area contributed by atoms with Crippen LogP contribution in [0.4, 0.5) is 8.78 Å². The molecule has 0 saturated heterocycles. The number of hydrogen-bond acceptors (Lipinski definition) is 2. The Labute approximate surface area is 75.6 Å². The van der Waals surface area contributed by atoms with Crippen molar-refractivity contribution in [3.63, 3.8) is 0 Å². The van der Waals surface area contributed by atoms with Gasteiger partial charge >= 0.3 is 0 Å². The molecule has 1 rings (SSSR count). The van der Waals surface area contributed by atoms with Crippen LogP contribution in [0.5, 0.6) is 0 Å². The smallest absolute Gasteiger partial charge is 0.253 e. The zero-order valence-electron chi connectivity index (χ0n) is 7.45. The first kappa shape index (κ1) is 10.1. The zero-order chi connectivity index (χ0) is 9.84. The van der Waals surface area contributed by atoms with Crippen LogP contribution in [0.1, 0.15) is 12.2 Å². The lowest BCUT2D eigenvalue weighted by atomic mass is 10.2. The third-order valence-electron chi connectivity index (χ3n) is 1.95. The summed E-state index contributed by atoms with van der Waals surface area (Å²) in [6.07, 6.45) is 1.74. The van der Waals surface area contributed by atoms with Gasteiger partial charge in [-0.2, -0.15) is 0 Å². The molecule has 0 aliphatic heterocycles. The van der Waals surface area contributed by atoms with Crippen molar-refractivity contribution in [2.75, 3.05) is 0 Å². The Morgan fingerprint density at radius 1 is 1.62 bits per heavy atom. The fourth-order valence-electron chi connectivity index (χ4n) is 1.06. The Morgan fingerprint density at radius 3 is 2.77 bits per heavy atom. The van der Waals surface area contributed by atoms with Gasteiger partial charge in [0.25, 0.3) is 6.43 Å². The molecule has 0 aromatic carbocycles. The molecule has 0 bridgehead atoms. The zero-order valence-corrected chi connectivity index (χ0v) is 7.45. The van der Waals surface area contributed by atoms with Crippen molar-refractivity contribution in [3.8, 4) is 0 Å². The lowest BCUT2D eigenvalue weighted by Crippen LogP contribution is -2.29. The first-order chi connectivity index (χ1) is 6.11. The van der Waals surface area contributed by atoms with Crippen LogP contribution in [0.15, 0.2) is 12.4 Å². The van der Waals surface area contributed by atoms with Gasteiger partial charge < -0.3 is 10.3 Å². The summed E-state index contributed by atoms with van der Waals surface area (Å²) in [7, 11) is 1.83. The van der Waals surface area contributed by atoms with Crippen LogP contribution >= 0.6 is 0 Å². The Kier molecular flexibility index (Phi) is 3.36. The minimum absolute atomic E-state index is 0.266. The molecule has 5 heteroatoms. The van der Waals surface area contributed by atoms with E-state index in [0.717, 1.165) is 5.82 Å². The molecule has 1 heterocycles. The highest BCUT2D eigenvalue weighted by molar-refractivity contribution is 4.91. The summed E-state index contributed by atoms with van der Waals surface area (Å²) in [5, 5.41) is 0. The molecule has 13 heavy (non-hydrogen) atoms. The summed E-state index contributed by atoms with van der Waals surface area (Å²) in [5.41, 5.74) is 5.20. The summed E-state index contributed by atoms with van der Waals surface area (Å²) in [6, 6.07) is -1.04. The maximum Gasteiger partial charge on any atom is 0.253 e. The third kappa shape index (κ3) is 2.77. The quantitative estimate of drug-likeness (QED) is 0.766. The predicted molar refractivity (Wildman–Crippen MR) is 45.5 cm³/mol. The highest BCUT2D eigenvalue weighted by atomic mass is 19.3. The van der Waals surface area contributed by atoms with Crippen molar-refractivity contribution in [3.05, 3.63) is 18.2 Å². The molecule has 3 nitrogen and oxygen atoms in total. The Balaban J connectivity index is 2.39. The van der Waals surface area contributed by atoms with Crippen LogP contribution < -0.4 is 5.73 Å². The molecule has 0 spiro atoms. The molecule has 0 aliphatic rings. The summed E-state index contributed by atoms with van der Waals surface area (Å²) >= 11 is 0. The molecule has 0 saturated carbocycles. The average molecular weight is 189 g/mol. The second kappa shape index (κ2) is 4.32. The molecule has 0 amide bonds. The van der Waals surface area contributed by atoms with Crippen molar-refractivity contribution >= 4 is 0 Å². The minimum Gasteiger partial charge on any atom is -0.338 e. The van der Waals surface area contributed by atoms with E-state index in [9.17, 15) is 8.78 Å². The van der Waals surface area contributed by atoms with E-state index in [4.69, 9.17) is 5.73 Å². The Morgan fingerprint density at radius 2 is 2.31 bits per heavy atom. The van der Waals surface area contributed by atoms with Gasteiger partial charge in [0.2, 0.25) is 0 Å². The van der Waals surface area contributed by atoms with E-state index in [2.05, 4.69) is 4.98 Å². The van der Waals surface area contributed by atoms with Crippen molar-refractivity contribution < 1.29 is 8.78 Å². The molecular weight excluding hydrogens is 176 g/mol. The highest BCUT2D eigenvalue weighted by Crippen LogP contribution is 2.06. The van der Waals surface area contributed by atoms with Crippen LogP contribution in [0, 0.1) is 0 Å². The number of rotatable bonds is 4. The summed E-state index contributed by atoms with van der Waals surface area (Å²) < 4.78 is 25.8. The van der Waals surface area contributed by atoms with Gasteiger partial charge in [-0.05, 0) is 6.42 Å². The second-order valence-corrected chi connectivity index (χ2v) is 2.99. The van der Waals surface area contributed by atoms with Gasteiger partial charge in [-0.15, -0.1) is 0 Å². The predicted octanol–water partition coefficient (Wildman–Crippen LogP) is 0.945. The van der Waals surface area contributed by atoms with Crippen molar-refractivity contribution in [1.29, 1.82) is 0 Å². The van der Waals surface area contributed by atoms with E-state index in [1.807, 2.05) is 7.05 Å². The molecular formula is C8H13F2N3. The summed E-state index contributed by atoms with van der Waals surface area (Å²) in [6.45, 7) is 0. The van der Waals surface area contributed by atoms with Crippen molar-refractivity contribution in [1.82, 2.24) is 9.55 Å². The number of nitrogens with two attached hydrogens (primary N) is 1. The van der Waals surface area contributed by atoms with E-state index >= 15 is 0 Å². The SMILES string of the molecule is Cn1ccnc1CCC(N)C(F)F. The lowest BCUT2D eigenvalue weighted by molar-refractivity contribution is 0.112. The van der Waals surface area contributed by atoms with Crippen molar-refractivity contribution in [2.45, 2.75) is 25.3 Å². The van der Waals surface area contributed by atoms with Gasteiger partial charge in [0.05, 0.1) is 6.04 Å². The Bertz CT molecular complexity index is 260. The molecule has 1 aromatic heterocycles. The molecule has 1 unspecified atom stereocenters. The van der Waals surface area contributed by atoms with E-state index in [1.165, 1.54) is 0 Å². The summed E-state index contributed by atoms with van der Waals surface area (Å²) in [5.74, 6) is 0.788. The van der Waals surface area contributed by atoms with Gasteiger partial charge in [0.1, 0.15) is 5.82 Å². The molecule has 0 fully saturated rings. The van der Waals surface area contributed by atoms with Crippen LogP contribution in [0.3, 0.4) is 0 Å². The third-order valence-corrected chi connectivity index (χ3v) is 1.95. The van der Waals surface area contributed by atoms with Gasteiger partial charge in [0.15, 0.2) is 0 Å².